The predicted molar refractivity (Wildman–Crippen MR) is 164 cm³/mol. The molecular formula is C28H31ClN4O9S2. The highest BCUT2D eigenvalue weighted by Crippen LogP contribution is 2.45. The van der Waals surface area contributed by atoms with Crippen molar-refractivity contribution < 1.29 is 39.5 Å². The van der Waals surface area contributed by atoms with E-state index in [1.54, 1.807) is 24.3 Å². The number of hydrogen-bond donors (Lipinski definition) is 1. The highest BCUT2D eigenvalue weighted by molar-refractivity contribution is 7.86. The van der Waals surface area contributed by atoms with Crippen molar-refractivity contribution in [1.29, 1.82) is 0 Å². The van der Waals surface area contributed by atoms with E-state index in [0.717, 1.165) is 12.5 Å². The van der Waals surface area contributed by atoms with Gasteiger partial charge in [0.05, 0.1) is 60.4 Å². The molecule has 0 radical (unpaired) electrons. The molecule has 3 heterocycles. The van der Waals surface area contributed by atoms with Gasteiger partial charge < -0.3 is 27.3 Å². The van der Waals surface area contributed by atoms with Crippen LogP contribution < -0.4 is 17.8 Å². The second-order valence-corrected chi connectivity index (χ2v) is 14.3. The summed E-state index contributed by atoms with van der Waals surface area (Å²) in [4.78, 5) is 16.3. The molecule has 1 aliphatic heterocycles. The first-order valence-corrected chi connectivity index (χ1v) is 17.3. The Balaban J connectivity index is 1.82. The van der Waals surface area contributed by atoms with Crippen molar-refractivity contribution >= 4 is 48.5 Å². The quantitative estimate of drug-likeness (QED) is 0.185. The van der Waals surface area contributed by atoms with Crippen molar-refractivity contribution in [3.63, 3.8) is 0 Å². The lowest BCUT2D eigenvalue weighted by Crippen LogP contribution is -2.29. The third-order valence-corrected chi connectivity index (χ3v) is 8.17. The Bertz CT molecular complexity index is 1970. The smallest absolute Gasteiger partial charge is 0.307 e. The zero-order valence-corrected chi connectivity index (χ0v) is 27.0. The number of aromatic amines is 1. The van der Waals surface area contributed by atoms with Crippen molar-refractivity contribution in [2.45, 2.75) is 13.0 Å². The molecule has 0 bridgehead atoms. The fourth-order valence-corrected chi connectivity index (χ4v) is 6.26. The molecule has 2 aromatic heterocycles. The number of rotatable bonds is 11. The summed E-state index contributed by atoms with van der Waals surface area (Å²) < 4.78 is 74.1. The van der Waals surface area contributed by atoms with Crippen molar-refractivity contribution in [3.05, 3.63) is 52.7 Å². The Morgan fingerprint density at radius 1 is 1.14 bits per heavy atom. The molecule has 1 N–H and O–H groups in total. The summed E-state index contributed by atoms with van der Waals surface area (Å²) in [6.07, 6.45) is 3.47. The number of likely N-dealkylation sites (N-methyl/N-ethyl adjacent to an activating group) is 1. The molecule has 1 atom stereocenters. The number of carbonyl (C=O) groups is 1. The van der Waals surface area contributed by atoms with Crippen molar-refractivity contribution in [2.75, 3.05) is 46.9 Å². The van der Waals surface area contributed by atoms with Crippen LogP contribution in [0.1, 0.15) is 15.9 Å². The van der Waals surface area contributed by atoms with Crippen molar-refractivity contribution in [2.24, 2.45) is 5.92 Å². The first-order chi connectivity index (χ1) is 20.6. The Labute approximate surface area is 259 Å². The van der Waals surface area contributed by atoms with Crippen LogP contribution in [0.3, 0.4) is 0 Å². The van der Waals surface area contributed by atoms with E-state index in [2.05, 4.69) is 10.2 Å². The van der Waals surface area contributed by atoms with Crippen molar-refractivity contribution in [3.8, 4) is 34.4 Å². The number of fused-ring (bicyclic) bond motifs is 2. The van der Waals surface area contributed by atoms with E-state index < -0.39 is 31.9 Å². The maximum Gasteiger partial charge on any atom is 0.307 e. The normalized spacial score (nSPS) is 15.2. The zero-order chi connectivity index (χ0) is 32.0. The standard InChI is InChI=1S/C28H31ClN4O9S2/c1-32(2)8-9-33-21-12-16(20-14-30-31-27(20)39-3)13-23(41-43(4,35)36)24(21)25(28(33)42-44(5,37)38)26(34)18-10-17-11-19(29)6-7-22(17)40-15-18/h6-7,11-14,18H,8-10,15H2,1-5H3,(H,30,31)/t18-/m0/s1. The largest absolute Gasteiger partial charge is 0.493 e. The van der Waals surface area contributed by atoms with Gasteiger partial charge in [-0.25, -0.2) is 5.10 Å². The molecular weight excluding hydrogens is 636 g/mol. The van der Waals surface area contributed by atoms with Crippen LogP contribution in [0.15, 0.2) is 36.5 Å². The van der Waals surface area contributed by atoms with Gasteiger partial charge in [0.15, 0.2) is 11.5 Å². The molecule has 236 valence electrons. The Hall–Kier alpha value is -3.79. The van der Waals surface area contributed by atoms with Gasteiger partial charge in [-0.05, 0) is 62.0 Å². The maximum atomic E-state index is 14.4. The van der Waals surface area contributed by atoms with Crippen LogP contribution in [0.5, 0.6) is 23.3 Å². The number of nitrogens with zero attached hydrogens (tertiary/aromatic N) is 3. The van der Waals surface area contributed by atoms with Crippen LogP contribution in [0.4, 0.5) is 0 Å². The monoisotopic (exact) mass is 666 g/mol. The van der Waals surface area contributed by atoms with Gasteiger partial charge in [0.1, 0.15) is 5.75 Å². The van der Waals surface area contributed by atoms with Gasteiger partial charge in [0.2, 0.25) is 11.8 Å². The molecule has 13 nitrogen and oxygen atoms in total. The lowest BCUT2D eigenvalue weighted by atomic mass is 9.89. The molecule has 0 saturated heterocycles. The van der Waals surface area contributed by atoms with E-state index in [1.165, 1.54) is 23.9 Å². The third kappa shape index (κ3) is 6.65. The average Bonchev–Trinajstić information content (AvgIpc) is 3.51. The Kier molecular flexibility index (Phi) is 8.59. The van der Waals surface area contributed by atoms with E-state index in [1.807, 2.05) is 19.0 Å². The van der Waals surface area contributed by atoms with Gasteiger partial charge in [0, 0.05) is 18.1 Å². The van der Waals surface area contributed by atoms with Gasteiger partial charge in [0.25, 0.3) is 0 Å². The molecule has 0 amide bonds. The van der Waals surface area contributed by atoms with Gasteiger partial charge in [-0.2, -0.15) is 21.9 Å². The fraction of sp³-hybridized carbons (Fsp3) is 0.357. The molecule has 5 rings (SSSR count). The first kappa shape index (κ1) is 31.6. The highest BCUT2D eigenvalue weighted by atomic mass is 35.5. The molecule has 1 aliphatic rings. The number of methoxy groups -OCH3 is 1. The Morgan fingerprint density at radius 2 is 1.86 bits per heavy atom. The summed E-state index contributed by atoms with van der Waals surface area (Å²) in [6, 6.07) is 8.20. The second-order valence-electron chi connectivity index (χ2n) is 10.7. The number of nitrogens with one attached hydrogen (secondary N) is 1. The highest BCUT2D eigenvalue weighted by Gasteiger charge is 2.36. The van der Waals surface area contributed by atoms with Crippen LogP contribution >= 0.6 is 11.6 Å². The number of Topliss-reactive ketones (excluding diaryl/α,β-unsaturated/α-hetero) is 1. The third-order valence-electron chi connectivity index (χ3n) is 6.99. The molecule has 4 aromatic rings. The number of benzene rings is 2. The lowest BCUT2D eigenvalue weighted by Gasteiger charge is -2.25. The zero-order valence-electron chi connectivity index (χ0n) is 24.6. The van der Waals surface area contributed by atoms with Crippen LogP contribution in [-0.2, 0) is 33.2 Å². The van der Waals surface area contributed by atoms with Crippen molar-refractivity contribution in [1.82, 2.24) is 19.7 Å². The van der Waals surface area contributed by atoms with Gasteiger partial charge >= 0.3 is 20.2 Å². The molecule has 16 heteroatoms. The molecule has 0 saturated carbocycles. The SMILES string of the molecule is COc1[nH]ncc1-c1cc(OS(C)(=O)=O)c2c(C(=O)[C@@H]3COc4ccc(Cl)cc4C3)c(OS(C)(=O)=O)n(CCN(C)C)c2c1. The summed E-state index contributed by atoms with van der Waals surface area (Å²) in [5.74, 6) is -0.888. The minimum Gasteiger partial charge on any atom is -0.493 e. The van der Waals surface area contributed by atoms with E-state index in [9.17, 15) is 21.6 Å². The molecule has 0 unspecified atom stereocenters. The topological polar surface area (TPSA) is 159 Å². The first-order valence-electron chi connectivity index (χ1n) is 13.3. The van der Waals surface area contributed by atoms with E-state index >= 15 is 0 Å². The molecule has 0 fully saturated rings. The summed E-state index contributed by atoms with van der Waals surface area (Å²) in [7, 11) is -3.20. The average molecular weight is 667 g/mol. The number of hydrogen-bond acceptors (Lipinski definition) is 11. The molecule has 0 aliphatic carbocycles. The second kappa shape index (κ2) is 12.0. The fourth-order valence-electron chi connectivity index (χ4n) is 5.15. The van der Waals surface area contributed by atoms with E-state index in [-0.39, 0.29) is 42.2 Å². The summed E-state index contributed by atoms with van der Waals surface area (Å²) in [5, 5.41) is 7.27. The minimum atomic E-state index is -4.17. The number of H-pyrrole nitrogens is 1. The van der Waals surface area contributed by atoms with E-state index in [0.29, 0.717) is 45.4 Å². The number of aromatic nitrogens is 3. The molecule has 2 aromatic carbocycles. The maximum absolute atomic E-state index is 14.4. The van der Waals surface area contributed by atoms with Gasteiger partial charge in [-0.15, -0.1) is 0 Å². The number of ether oxygens (including phenoxy) is 2. The predicted octanol–water partition coefficient (Wildman–Crippen LogP) is 3.37. The van der Waals surface area contributed by atoms with Gasteiger partial charge in [-0.3, -0.25) is 4.79 Å². The number of carbonyl (C=O) groups excluding carboxylic acids is 1. The van der Waals surface area contributed by atoms with E-state index in [4.69, 9.17) is 29.4 Å². The van der Waals surface area contributed by atoms with Crippen LogP contribution in [0.2, 0.25) is 5.02 Å². The lowest BCUT2D eigenvalue weighted by molar-refractivity contribution is 0.0854. The summed E-state index contributed by atoms with van der Waals surface area (Å²) in [6.45, 7) is 0.575. The minimum absolute atomic E-state index is 0.0112. The summed E-state index contributed by atoms with van der Waals surface area (Å²) in [5.41, 5.74) is 1.76. The Morgan fingerprint density at radius 3 is 2.52 bits per heavy atom. The number of ketones is 1. The van der Waals surface area contributed by atoms with Gasteiger partial charge in [-0.1, -0.05) is 11.6 Å². The number of halogens is 1. The van der Waals surface area contributed by atoms with Crippen LogP contribution in [-0.4, -0.2) is 89.2 Å². The molecule has 0 spiro atoms. The van der Waals surface area contributed by atoms with Crippen LogP contribution in [0, 0.1) is 5.92 Å². The van der Waals surface area contributed by atoms with Crippen LogP contribution in [0.25, 0.3) is 22.0 Å². The summed E-state index contributed by atoms with van der Waals surface area (Å²) >= 11 is 6.20. The molecule has 44 heavy (non-hydrogen) atoms.